The minimum Gasteiger partial charge on any atom is -0.344 e. The number of H-pyrrole nitrogens is 1. The lowest BCUT2D eigenvalue weighted by molar-refractivity contribution is 0.662. The zero-order valence-electron chi connectivity index (χ0n) is 9.25. The molecule has 1 fully saturated rings. The topological polar surface area (TPSA) is 40.7 Å². The molecule has 2 N–H and O–H groups in total. The van der Waals surface area contributed by atoms with Crippen LogP contribution in [0.1, 0.15) is 43.0 Å². The number of hydrogen-bond acceptors (Lipinski definition) is 3. The van der Waals surface area contributed by atoms with Crippen LogP contribution in [0.5, 0.6) is 0 Å². The maximum absolute atomic E-state index is 4.48. The fourth-order valence-electron chi connectivity index (χ4n) is 1.85. The van der Waals surface area contributed by atoms with E-state index < -0.39 is 0 Å². The summed E-state index contributed by atoms with van der Waals surface area (Å²) in [6.45, 7) is 4.03. The number of nitrogens with one attached hydrogen (secondary N) is 2. The predicted molar refractivity (Wildman–Crippen MR) is 65.0 cm³/mol. The standard InChI is InChI=1S/C11H19N3S/c1-2-12-7-9-8-13-11(14-9)10-5-3-4-6-15-10/h8,10,12H,2-7H2,1H3,(H,13,14). The molecule has 1 atom stereocenters. The highest BCUT2D eigenvalue weighted by molar-refractivity contribution is 7.99. The lowest BCUT2D eigenvalue weighted by Crippen LogP contribution is -2.12. The quantitative estimate of drug-likeness (QED) is 0.827. The van der Waals surface area contributed by atoms with Gasteiger partial charge in [-0.15, -0.1) is 0 Å². The second kappa shape index (κ2) is 5.56. The van der Waals surface area contributed by atoms with E-state index in [1.165, 1.54) is 36.5 Å². The van der Waals surface area contributed by atoms with Crippen LogP contribution in [-0.4, -0.2) is 22.3 Å². The molecule has 2 rings (SSSR count). The van der Waals surface area contributed by atoms with Gasteiger partial charge < -0.3 is 10.3 Å². The third-order valence-electron chi connectivity index (χ3n) is 2.70. The van der Waals surface area contributed by atoms with Crippen molar-refractivity contribution in [3.63, 3.8) is 0 Å². The first-order valence-electron chi connectivity index (χ1n) is 5.76. The van der Waals surface area contributed by atoms with Crippen LogP contribution in [0.2, 0.25) is 0 Å². The van der Waals surface area contributed by atoms with E-state index in [1.807, 2.05) is 18.0 Å². The number of aromatic nitrogens is 2. The molecule has 0 spiro atoms. The Hall–Kier alpha value is -0.480. The van der Waals surface area contributed by atoms with E-state index >= 15 is 0 Å². The Morgan fingerprint density at radius 1 is 1.60 bits per heavy atom. The minimum absolute atomic E-state index is 0.606. The van der Waals surface area contributed by atoms with Crippen molar-refractivity contribution in [3.8, 4) is 0 Å². The second-order valence-corrected chi connectivity index (χ2v) is 5.24. The van der Waals surface area contributed by atoms with Crippen molar-refractivity contribution >= 4 is 11.8 Å². The first-order chi connectivity index (χ1) is 7.40. The van der Waals surface area contributed by atoms with Crippen molar-refractivity contribution in [2.45, 2.75) is 38.0 Å². The summed E-state index contributed by atoms with van der Waals surface area (Å²) >= 11 is 2.04. The van der Waals surface area contributed by atoms with Crippen molar-refractivity contribution in [2.24, 2.45) is 0 Å². The van der Waals surface area contributed by atoms with Gasteiger partial charge in [-0.3, -0.25) is 0 Å². The van der Waals surface area contributed by atoms with E-state index in [0.717, 1.165) is 13.1 Å². The number of aromatic amines is 1. The van der Waals surface area contributed by atoms with Crippen molar-refractivity contribution in [3.05, 3.63) is 17.7 Å². The van der Waals surface area contributed by atoms with Gasteiger partial charge >= 0.3 is 0 Å². The molecule has 0 bridgehead atoms. The molecule has 4 heteroatoms. The number of rotatable bonds is 4. The maximum atomic E-state index is 4.48. The largest absolute Gasteiger partial charge is 0.344 e. The fourth-order valence-corrected chi connectivity index (χ4v) is 3.11. The third kappa shape index (κ3) is 2.98. The summed E-state index contributed by atoms with van der Waals surface area (Å²) in [5.74, 6) is 2.46. The maximum Gasteiger partial charge on any atom is 0.119 e. The molecule has 1 aliphatic rings. The number of hydrogen-bond donors (Lipinski definition) is 2. The van der Waals surface area contributed by atoms with Crippen LogP contribution in [0.15, 0.2) is 6.20 Å². The normalized spacial score (nSPS) is 21.8. The summed E-state index contributed by atoms with van der Waals surface area (Å²) < 4.78 is 0. The van der Waals surface area contributed by atoms with Gasteiger partial charge in [0, 0.05) is 18.4 Å². The van der Waals surface area contributed by atoms with Gasteiger partial charge in [0.25, 0.3) is 0 Å². The molecule has 1 aromatic rings. The molecule has 84 valence electrons. The summed E-state index contributed by atoms with van der Waals surface area (Å²) in [6, 6.07) is 0. The van der Waals surface area contributed by atoms with Crippen LogP contribution < -0.4 is 5.32 Å². The van der Waals surface area contributed by atoms with Gasteiger partial charge in [-0.2, -0.15) is 11.8 Å². The summed E-state index contributed by atoms with van der Waals surface area (Å²) in [4.78, 5) is 7.90. The molecule has 2 heterocycles. The average molecular weight is 225 g/mol. The van der Waals surface area contributed by atoms with Gasteiger partial charge in [0.05, 0.1) is 5.25 Å². The van der Waals surface area contributed by atoms with Crippen LogP contribution in [0.4, 0.5) is 0 Å². The second-order valence-electron chi connectivity index (χ2n) is 3.93. The Kier molecular flexibility index (Phi) is 4.09. The van der Waals surface area contributed by atoms with Gasteiger partial charge in [-0.05, 0) is 25.1 Å². The van der Waals surface area contributed by atoms with E-state index in [9.17, 15) is 0 Å². The van der Waals surface area contributed by atoms with Crippen molar-refractivity contribution in [2.75, 3.05) is 12.3 Å². The summed E-state index contributed by atoms with van der Waals surface area (Å²) in [5.41, 5.74) is 1.21. The summed E-state index contributed by atoms with van der Waals surface area (Å²) in [6.07, 6.45) is 5.96. The molecule has 0 aliphatic carbocycles. The zero-order valence-corrected chi connectivity index (χ0v) is 10.1. The van der Waals surface area contributed by atoms with Crippen LogP contribution in [-0.2, 0) is 6.54 Å². The van der Waals surface area contributed by atoms with Gasteiger partial charge in [0.1, 0.15) is 5.82 Å². The molecule has 15 heavy (non-hydrogen) atoms. The molecule has 1 unspecified atom stereocenters. The van der Waals surface area contributed by atoms with E-state index in [1.54, 1.807) is 0 Å². The highest BCUT2D eigenvalue weighted by Crippen LogP contribution is 2.36. The molecule has 0 radical (unpaired) electrons. The van der Waals surface area contributed by atoms with E-state index in [0.29, 0.717) is 5.25 Å². The third-order valence-corrected chi connectivity index (χ3v) is 4.08. The van der Waals surface area contributed by atoms with Crippen molar-refractivity contribution < 1.29 is 0 Å². The van der Waals surface area contributed by atoms with Crippen LogP contribution in [0, 0.1) is 0 Å². The Balaban J connectivity index is 1.93. The van der Waals surface area contributed by atoms with Gasteiger partial charge in [0.2, 0.25) is 0 Å². The van der Waals surface area contributed by atoms with Crippen molar-refractivity contribution in [1.29, 1.82) is 0 Å². The Morgan fingerprint density at radius 2 is 2.53 bits per heavy atom. The molecule has 0 saturated carbocycles. The molecule has 3 nitrogen and oxygen atoms in total. The molecule has 1 aliphatic heterocycles. The van der Waals surface area contributed by atoms with Crippen LogP contribution in [0.3, 0.4) is 0 Å². The molecule has 1 aromatic heterocycles. The molecular weight excluding hydrogens is 206 g/mol. The average Bonchev–Trinajstić information content (AvgIpc) is 2.76. The lowest BCUT2D eigenvalue weighted by Gasteiger charge is -2.18. The minimum atomic E-state index is 0.606. The van der Waals surface area contributed by atoms with E-state index in [4.69, 9.17) is 0 Å². The van der Waals surface area contributed by atoms with Crippen LogP contribution >= 0.6 is 11.8 Å². The first-order valence-corrected chi connectivity index (χ1v) is 6.81. The SMILES string of the molecule is CCNCc1cnc(C2CCCCS2)[nH]1. The monoisotopic (exact) mass is 225 g/mol. The highest BCUT2D eigenvalue weighted by Gasteiger charge is 2.18. The van der Waals surface area contributed by atoms with Gasteiger partial charge in [-0.1, -0.05) is 13.3 Å². The first kappa shape index (κ1) is 11.0. The zero-order chi connectivity index (χ0) is 10.5. The summed E-state index contributed by atoms with van der Waals surface area (Å²) in [5, 5.41) is 3.91. The molecular formula is C11H19N3S. The number of nitrogens with zero attached hydrogens (tertiary/aromatic N) is 1. The van der Waals surface area contributed by atoms with E-state index in [2.05, 4.69) is 22.2 Å². The Bertz CT molecular complexity index is 292. The number of thioether (sulfide) groups is 1. The molecule has 1 saturated heterocycles. The predicted octanol–water partition coefficient (Wildman–Crippen LogP) is 2.48. The van der Waals surface area contributed by atoms with Crippen LogP contribution in [0.25, 0.3) is 0 Å². The fraction of sp³-hybridized carbons (Fsp3) is 0.727. The molecule has 0 aromatic carbocycles. The highest BCUT2D eigenvalue weighted by atomic mass is 32.2. The van der Waals surface area contributed by atoms with E-state index in [-0.39, 0.29) is 0 Å². The van der Waals surface area contributed by atoms with Crippen molar-refractivity contribution in [1.82, 2.24) is 15.3 Å². The Morgan fingerprint density at radius 3 is 3.27 bits per heavy atom. The van der Waals surface area contributed by atoms with Gasteiger partial charge in [-0.25, -0.2) is 4.98 Å². The lowest BCUT2D eigenvalue weighted by atomic mass is 10.2. The van der Waals surface area contributed by atoms with Gasteiger partial charge in [0.15, 0.2) is 0 Å². The number of imidazole rings is 1. The smallest absolute Gasteiger partial charge is 0.119 e. The molecule has 0 amide bonds. The summed E-state index contributed by atoms with van der Waals surface area (Å²) in [7, 11) is 0. The Labute approximate surface area is 95.4 Å².